The van der Waals surface area contributed by atoms with Gasteiger partial charge in [-0.1, -0.05) is 48.0 Å². The van der Waals surface area contributed by atoms with Crippen molar-refractivity contribution in [2.75, 3.05) is 39.5 Å². The third kappa shape index (κ3) is 5.78. The van der Waals surface area contributed by atoms with Crippen LogP contribution in [0.5, 0.6) is 0 Å². The van der Waals surface area contributed by atoms with E-state index in [0.717, 1.165) is 51.3 Å². The number of hydrogen-bond donors (Lipinski definition) is 0. The molecule has 5 heteroatoms. The Morgan fingerprint density at radius 3 is 2.81 bits per heavy atom. The summed E-state index contributed by atoms with van der Waals surface area (Å²) in [7, 11) is 0. The molecule has 3 rings (SSSR count). The van der Waals surface area contributed by atoms with Crippen molar-refractivity contribution in [3.8, 4) is 0 Å². The highest BCUT2D eigenvalue weighted by Gasteiger charge is 2.22. The van der Waals surface area contributed by atoms with Gasteiger partial charge in [0.05, 0.1) is 24.3 Å². The molecule has 26 heavy (non-hydrogen) atoms. The van der Waals surface area contributed by atoms with E-state index in [1.807, 2.05) is 6.07 Å². The van der Waals surface area contributed by atoms with Gasteiger partial charge in [-0.05, 0) is 36.1 Å². The molecule has 2 aromatic rings. The Balaban J connectivity index is 1.35. The van der Waals surface area contributed by atoms with E-state index in [1.165, 1.54) is 11.6 Å². The second-order valence-electron chi connectivity index (χ2n) is 6.54. The first-order chi connectivity index (χ1) is 12.7. The monoisotopic (exact) mass is 377 g/mol. The van der Waals surface area contributed by atoms with Crippen LogP contribution >= 0.6 is 11.6 Å². The Morgan fingerprint density at radius 1 is 1.15 bits per heavy atom. The molecule has 0 amide bonds. The fourth-order valence-electron chi connectivity index (χ4n) is 3.15. The summed E-state index contributed by atoms with van der Waals surface area (Å²) in [5.41, 5.74) is 2.24. The van der Waals surface area contributed by atoms with Crippen molar-refractivity contribution in [2.45, 2.75) is 18.9 Å². The molecular weight excluding hydrogens is 353 g/mol. The lowest BCUT2D eigenvalue weighted by Gasteiger charge is -2.33. The summed E-state index contributed by atoms with van der Waals surface area (Å²) in [6.45, 7) is 4.87. The number of halogens is 2. The third-order valence-electron chi connectivity index (χ3n) is 4.61. The highest BCUT2D eigenvalue weighted by Crippen LogP contribution is 2.26. The molecule has 0 bridgehead atoms. The summed E-state index contributed by atoms with van der Waals surface area (Å²) in [5, 5.41) is 0.148. The van der Waals surface area contributed by atoms with Crippen LogP contribution in [-0.4, -0.2) is 44.4 Å². The predicted molar refractivity (Wildman–Crippen MR) is 102 cm³/mol. The summed E-state index contributed by atoms with van der Waals surface area (Å²) in [6, 6.07) is 15.2. The Morgan fingerprint density at radius 2 is 2.00 bits per heavy atom. The van der Waals surface area contributed by atoms with E-state index < -0.39 is 5.82 Å². The molecule has 1 aliphatic rings. The van der Waals surface area contributed by atoms with Crippen LogP contribution in [0.15, 0.2) is 48.5 Å². The average molecular weight is 378 g/mol. The van der Waals surface area contributed by atoms with E-state index in [2.05, 4.69) is 29.2 Å². The van der Waals surface area contributed by atoms with Crippen LogP contribution in [0.4, 0.5) is 4.39 Å². The van der Waals surface area contributed by atoms with Crippen molar-refractivity contribution in [1.82, 2.24) is 4.90 Å². The molecule has 3 nitrogen and oxygen atoms in total. The van der Waals surface area contributed by atoms with Crippen molar-refractivity contribution in [2.24, 2.45) is 0 Å². The van der Waals surface area contributed by atoms with Crippen LogP contribution in [-0.2, 0) is 15.9 Å². The highest BCUT2D eigenvalue weighted by molar-refractivity contribution is 6.30. The minimum Gasteiger partial charge on any atom is -0.381 e. The first-order valence-electron chi connectivity index (χ1n) is 9.13. The van der Waals surface area contributed by atoms with Gasteiger partial charge in [0.15, 0.2) is 0 Å². The van der Waals surface area contributed by atoms with Gasteiger partial charge in [-0.25, -0.2) is 4.39 Å². The van der Waals surface area contributed by atoms with E-state index in [0.29, 0.717) is 6.61 Å². The van der Waals surface area contributed by atoms with E-state index >= 15 is 0 Å². The van der Waals surface area contributed by atoms with Crippen molar-refractivity contribution in [3.63, 3.8) is 0 Å². The van der Waals surface area contributed by atoms with Crippen LogP contribution in [0, 0.1) is 5.82 Å². The van der Waals surface area contributed by atoms with Crippen LogP contribution < -0.4 is 0 Å². The van der Waals surface area contributed by atoms with Gasteiger partial charge in [0.2, 0.25) is 0 Å². The second kappa shape index (κ2) is 10.0. The standard InChI is InChI=1S/C21H25ClFNO2/c22-19-15-18(7-8-20(19)23)21-16-24(11-14-26-21)10-4-12-25-13-9-17-5-2-1-3-6-17/h1-3,5-8,15,21H,4,9-14,16H2. The molecule has 0 aliphatic carbocycles. The van der Waals surface area contributed by atoms with Gasteiger partial charge in [0.25, 0.3) is 0 Å². The number of hydrogen-bond acceptors (Lipinski definition) is 3. The lowest BCUT2D eigenvalue weighted by atomic mass is 10.1. The predicted octanol–water partition coefficient (Wildman–Crippen LogP) is 4.50. The molecule has 0 radical (unpaired) electrons. The zero-order valence-corrected chi connectivity index (χ0v) is 15.6. The van der Waals surface area contributed by atoms with Crippen LogP contribution in [0.3, 0.4) is 0 Å². The first kappa shape index (κ1) is 19.3. The first-order valence-corrected chi connectivity index (χ1v) is 9.51. The van der Waals surface area contributed by atoms with Gasteiger partial charge in [-0.15, -0.1) is 0 Å². The fourth-order valence-corrected chi connectivity index (χ4v) is 3.34. The van der Waals surface area contributed by atoms with E-state index in [9.17, 15) is 4.39 Å². The van der Waals surface area contributed by atoms with E-state index in [4.69, 9.17) is 21.1 Å². The largest absolute Gasteiger partial charge is 0.381 e. The molecule has 1 fully saturated rings. The number of morpholine rings is 1. The summed E-state index contributed by atoms with van der Waals surface area (Å²) >= 11 is 5.89. The second-order valence-corrected chi connectivity index (χ2v) is 6.94. The molecular formula is C21H25ClFNO2. The van der Waals surface area contributed by atoms with E-state index in [-0.39, 0.29) is 11.1 Å². The molecule has 140 valence electrons. The molecule has 0 N–H and O–H groups in total. The minimum absolute atomic E-state index is 0.0548. The molecule has 0 spiro atoms. The summed E-state index contributed by atoms with van der Waals surface area (Å²) < 4.78 is 24.9. The van der Waals surface area contributed by atoms with Crippen molar-refractivity contribution in [3.05, 3.63) is 70.5 Å². The Hall–Kier alpha value is -1.46. The summed E-state index contributed by atoms with van der Waals surface area (Å²) in [6.07, 6.45) is 1.89. The topological polar surface area (TPSA) is 21.7 Å². The highest BCUT2D eigenvalue weighted by atomic mass is 35.5. The smallest absolute Gasteiger partial charge is 0.141 e. The quantitative estimate of drug-likeness (QED) is 0.632. The molecule has 1 heterocycles. The zero-order chi connectivity index (χ0) is 18.2. The molecule has 1 atom stereocenters. The number of ether oxygens (including phenoxy) is 2. The van der Waals surface area contributed by atoms with Crippen LogP contribution in [0.25, 0.3) is 0 Å². The summed E-state index contributed by atoms with van der Waals surface area (Å²) in [4.78, 5) is 2.37. The average Bonchev–Trinajstić information content (AvgIpc) is 2.68. The molecule has 1 saturated heterocycles. The number of rotatable bonds is 8. The van der Waals surface area contributed by atoms with Crippen LogP contribution in [0.1, 0.15) is 23.7 Å². The maximum absolute atomic E-state index is 13.3. The zero-order valence-electron chi connectivity index (χ0n) is 14.9. The SMILES string of the molecule is Fc1ccc(C2CN(CCCOCCc3ccccc3)CCO2)cc1Cl. The molecule has 0 saturated carbocycles. The molecule has 1 aliphatic heterocycles. The van der Waals surface area contributed by atoms with Crippen LogP contribution in [0.2, 0.25) is 5.02 Å². The summed E-state index contributed by atoms with van der Waals surface area (Å²) in [5.74, 6) is -0.393. The number of nitrogens with zero attached hydrogens (tertiary/aromatic N) is 1. The van der Waals surface area contributed by atoms with Crippen molar-refractivity contribution in [1.29, 1.82) is 0 Å². The van der Waals surface area contributed by atoms with Crippen molar-refractivity contribution < 1.29 is 13.9 Å². The number of benzene rings is 2. The minimum atomic E-state index is -0.393. The molecule has 2 aromatic carbocycles. The Labute approximate surface area is 159 Å². The van der Waals surface area contributed by atoms with Gasteiger partial charge in [0.1, 0.15) is 5.82 Å². The van der Waals surface area contributed by atoms with Gasteiger partial charge in [-0.3, -0.25) is 4.90 Å². The van der Waals surface area contributed by atoms with E-state index in [1.54, 1.807) is 12.1 Å². The third-order valence-corrected chi connectivity index (χ3v) is 4.90. The van der Waals surface area contributed by atoms with Gasteiger partial charge < -0.3 is 9.47 Å². The fraction of sp³-hybridized carbons (Fsp3) is 0.429. The maximum atomic E-state index is 13.3. The normalized spacial score (nSPS) is 18.2. The molecule has 1 unspecified atom stereocenters. The van der Waals surface area contributed by atoms with Gasteiger partial charge in [-0.2, -0.15) is 0 Å². The Bertz CT molecular complexity index is 683. The lowest BCUT2D eigenvalue weighted by Crippen LogP contribution is -2.39. The maximum Gasteiger partial charge on any atom is 0.141 e. The van der Waals surface area contributed by atoms with Gasteiger partial charge in [0, 0.05) is 26.2 Å². The molecule has 0 aromatic heterocycles. The Kier molecular flexibility index (Phi) is 7.44. The lowest BCUT2D eigenvalue weighted by molar-refractivity contribution is -0.0322. The van der Waals surface area contributed by atoms with Gasteiger partial charge >= 0.3 is 0 Å². The van der Waals surface area contributed by atoms with Crippen molar-refractivity contribution >= 4 is 11.6 Å².